The van der Waals surface area contributed by atoms with Crippen LogP contribution in [0.15, 0.2) is 194 Å². The van der Waals surface area contributed by atoms with Crippen LogP contribution in [0.2, 0.25) is 0 Å². The molecule has 294 valence electrons. The van der Waals surface area contributed by atoms with Gasteiger partial charge >= 0.3 is 0 Å². The molecule has 0 amide bonds. The maximum Gasteiger partial charge on any atom is 0.160 e. The first kappa shape index (κ1) is 35.7. The van der Waals surface area contributed by atoms with Crippen molar-refractivity contribution in [2.45, 2.75) is 19.3 Å². The van der Waals surface area contributed by atoms with Crippen LogP contribution in [0.1, 0.15) is 25.0 Å². The van der Waals surface area contributed by atoms with E-state index >= 15 is 0 Å². The zero-order chi connectivity index (χ0) is 41.8. The fourth-order valence-corrected chi connectivity index (χ4v) is 10.3. The quantitative estimate of drug-likeness (QED) is 0.166. The molecule has 12 aromatic rings. The maximum absolute atomic E-state index is 5.44. The van der Waals surface area contributed by atoms with Gasteiger partial charge in [0.05, 0.1) is 22.4 Å². The van der Waals surface area contributed by atoms with E-state index in [4.69, 9.17) is 19.9 Å². The molecular formula is C59H38N4. The summed E-state index contributed by atoms with van der Waals surface area (Å²) < 4.78 is 0. The molecule has 2 aromatic heterocycles. The number of nitrogens with zero attached hydrogens (tertiary/aromatic N) is 4. The van der Waals surface area contributed by atoms with Gasteiger partial charge in [-0.05, 0) is 102 Å². The summed E-state index contributed by atoms with van der Waals surface area (Å²) in [6.07, 6.45) is 0. The van der Waals surface area contributed by atoms with Crippen LogP contribution >= 0.6 is 0 Å². The lowest BCUT2D eigenvalue weighted by Gasteiger charge is -2.22. The molecule has 0 atom stereocenters. The Morgan fingerprint density at radius 2 is 0.667 bits per heavy atom. The summed E-state index contributed by atoms with van der Waals surface area (Å²) in [5, 5.41) is 11.7. The fraction of sp³-hybridized carbons (Fsp3) is 0.0508. The maximum atomic E-state index is 5.44. The smallest absolute Gasteiger partial charge is 0.160 e. The molecule has 0 N–H and O–H groups in total. The molecule has 0 aliphatic heterocycles. The van der Waals surface area contributed by atoms with Crippen LogP contribution < -0.4 is 0 Å². The van der Waals surface area contributed by atoms with Crippen LogP contribution in [-0.4, -0.2) is 19.9 Å². The van der Waals surface area contributed by atoms with Crippen LogP contribution in [0, 0.1) is 0 Å². The normalized spacial score (nSPS) is 13.0. The Morgan fingerprint density at radius 1 is 0.302 bits per heavy atom. The summed E-state index contributed by atoms with van der Waals surface area (Å²) in [4.78, 5) is 21.3. The molecule has 0 saturated heterocycles. The highest BCUT2D eigenvalue weighted by Gasteiger charge is 2.36. The van der Waals surface area contributed by atoms with E-state index in [-0.39, 0.29) is 5.41 Å². The van der Waals surface area contributed by atoms with Crippen molar-refractivity contribution in [3.8, 4) is 56.4 Å². The summed E-state index contributed by atoms with van der Waals surface area (Å²) >= 11 is 0. The van der Waals surface area contributed by atoms with E-state index < -0.39 is 0 Å². The van der Waals surface area contributed by atoms with Crippen molar-refractivity contribution in [3.63, 3.8) is 0 Å². The molecule has 10 aromatic carbocycles. The standard InChI is InChI=1S/C59H38N4/c1-59(2)51-33-37(57-60-53-25-13-11-23-47(53)55(62-57)49-31-35-15-3-5-17-39(35)41-19-7-9-21-43(41)49)27-29-45(51)46-30-28-38(34-52(46)59)58-61-54-26-14-12-24-48(54)56(63-58)50-32-36-16-4-6-18-40(36)42-20-8-10-22-44(42)50/h3-34H,1-2H3. The Hall–Kier alpha value is -8.08. The first-order valence-electron chi connectivity index (χ1n) is 21.6. The van der Waals surface area contributed by atoms with E-state index in [1.165, 1.54) is 65.3 Å². The number of hydrogen-bond acceptors (Lipinski definition) is 4. The van der Waals surface area contributed by atoms with E-state index in [1.54, 1.807) is 0 Å². The molecule has 13 rings (SSSR count). The van der Waals surface area contributed by atoms with Gasteiger partial charge in [0.25, 0.3) is 0 Å². The van der Waals surface area contributed by atoms with Crippen molar-refractivity contribution in [2.24, 2.45) is 0 Å². The van der Waals surface area contributed by atoms with E-state index in [1.807, 2.05) is 0 Å². The molecule has 0 fully saturated rings. The molecule has 1 aliphatic carbocycles. The van der Waals surface area contributed by atoms with Crippen LogP contribution in [0.4, 0.5) is 0 Å². The third-order valence-corrected chi connectivity index (χ3v) is 13.4. The van der Waals surface area contributed by atoms with Crippen LogP contribution in [0.5, 0.6) is 0 Å². The number of fused-ring (bicyclic) bond motifs is 11. The molecule has 0 radical (unpaired) electrons. The first-order valence-corrected chi connectivity index (χ1v) is 21.6. The molecule has 0 saturated carbocycles. The van der Waals surface area contributed by atoms with E-state index in [0.29, 0.717) is 0 Å². The summed E-state index contributed by atoms with van der Waals surface area (Å²) in [5.41, 5.74) is 12.6. The number of rotatable bonds is 4. The van der Waals surface area contributed by atoms with Crippen molar-refractivity contribution in [1.82, 2.24) is 19.9 Å². The molecule has 4 nitrogen and oxygen atoms in total. The summed E-state index contributed by atoms with van der Waals surface area (Å²) in [7, 11) is 0. The topological polar surface area (TPSA) is 51.6 Å². The van der Waals surface area contributed by atoms with Crippen molar-refractivity contribution >= 4 is 64.9 Å². The minimum Gasteiger partial charge on any atom is -0.228 e. The van der Waals surface area contributed by atoms with Gasteiger partial charge in [0.2, 0.25) is 0 Å². The van der Waals surface area contributed by atoms with Crippen LogP contribution in [0.3, 0.4) is 0 Å². The number of benzene rings is 10. The van der Waals surface area contributed by atoms with Crippen molar-refractivity contribution in [3.05, 3.63) is 205 Å². The zero-order valence-electron chi connectivity index (χ0n) is 34.8. The molecule has 1 aliphatic rings. The second-order valence-corrected chi connectivity index (χ2v) is 17.4. The number of hydrogen-bond donors (Lipinski definition) is 0. The van der Waals surface area contributed by atoms with E-state index in [2.05, 4.69) is 208 Å². The summed E-state index contributed by atoms with van der Waals surface area (Å²) in [6, 6.07) is 69.5. The summed E-state index contributed by atoms with van der Waals surface area (Å²) in [6.45, 7) is 4.65. The largest absolute Gasteiger partial charge is 0.228 e. The monoisotopic (exact) mass is 802 g/mol. The van der Waals surface area contributed by atoms with Gasteiger partial charge in [0.1, 0.15) is 0 Å². The minimum atomic E-state index is -0.306. The zero-order valence-corrected chi connectivity index (χ0v) is 34.8. The highest BCUT2D eigenvalue weighted by atomic mass is 14.9. The Balaban J connectivity index is 0.940. The second kappa shape index (κ2) is 13.5. The lowest BCUT2D eigenvalue weighted by Crippen LogP contribution is -2.15. The van der Waals surface area contributed by atoms with E-state index in [0.717, 1.165) is 67.1 Å². The molecule has 0 bridgehead atoms. The predicted octanol–water partition coefficient (Wildman–Crippen LogP) is 15.2. The fourth-order valence-electron chi connectivity index (χ4n) is 10.3. The van der Waals surface area contributed by atoms with E-state index in [9.17, 15) is 0 Å². The summed E-state index contributed by atoms with van der Waals surface area (Å²) in [5.74, 6) is 1.43. The highest BCUT2D eigenvalue weighted by molar-refractivity contribution is 6.17. The van der Waals surface area contributed by atoms with Gasteiger partial charge in [-0.3, -0.25) is 0 Å². The minimum absolute atomic E-state index is 0.306. The second-order valence-electron chi connectivity index (χ2n) is 17.4. The lowest BCUT2D eigenvalue weighted by atomic mass is 9.81. The van der Waals surface area contributed by atoms with Crippen molar-refractivity contribution in [1.29, 1.82) is 0 Å². The predicted molar refractivity (Wildman–Crippen MR) is 262 cm³/mol. The van der Waals surface area contributed by atoms with Gasteiger partial charge < -0.3 is 0 Å². The van der Waals surface area contributed by atoms with Gasteiger partial charge in [-0.15, -0.1) is 0 Å². The highest BCUT2D eigenvalue weighted by Crippen LogP contribution is 2.51. The molecule has 4 heteroatoms. The van der Waals surface area contributed by atoms with Crippen molar-refractivity contribution < 1.29 is 0 Å². The SMILES string of the molecule is CC1(C)c2cc(-c3nc(-c4cc5ccccc5c5ccccc45)c4ccccc4n3)ccc2-c2ccc(-c3nc(-c4cc5ccccc5c5ccccc45)c4ccccc4n3)cc21. The van der Waals surface area contributed by atoms with Crippen LogP contribution in [0.25, 0.3) is 121 Å². The number of aromatic nitrogens is 4. The Bertz CT molecular complexity index is 3650. The van der Waals surface area contributed by atoms with Gasteiger partial charge in [-0.2, -0.15) is 0 Å². The Labute approximate surface area is 364 Å². The molecule has 0 unspecified atom stereocenters. The van der Waals surface area contributed by atoms with Gasteiger partial charge in [-0.1, -0.05) is 172 Å². The third kappa shape index (κ3) is 5.41. The third-order valence-electron chi connectivity index (χ3n) is 13.4. The Kier molecular flexibility index (Phi) is 7.62. The molecule has 2 heterocycles. The molecular weight excluding hydrogens is 765 g/mol. The first-order chi connectivity index (χ1) is 31.0. The average molecular weight is 803 g/mol. The van der Waals surface area contributed by atoms with Gasteiger partial charge in [-0.25, -0.2) is 19.9 Å². The molecule has 0 spiro atoms. The number of para-hydroxylation sites is 2. The molecule has 63 heavy (non-hydrogen) atoms. The van der Waals surface area contributed by atoms with Gasteiger partial charge in [0, 0.05) is 38.4 Å². The lowest BCUT2D eigenvalue weighted by molar-refractivity contribution is 0.660. The van der Waals surface area contributed by atoms with Crippen LogP contribution in [-0.2, 0) is 5.41 Å². The van der Waals surface area contributed by atoms with Crippen molar-refractivity contribution in [2.75, 3.05) is 0 Å². The Morgan fingerprint density at radius 3 is 1.11 bits per heavy atom. The van der Waals surface area contributed by atoms with Gasteiger partial charge in [0.15, 0.2) is 11.6 Å². The average Bonchev–Trinajstić information content (AvgIpc) is 3.57.